The van der Waals surface area contributed by atoms with E-state index in [1.807, 2.05) is 18.2 Å². The molecule has 0 aromatic rings. The van der Waals surface area contributed by atoms with Crippen molar-refractivity contribution < 1.29 is 0 Å². The molecule has 0 saturated heterocycles. The second-order valence-electron chi connectivity index (χ2n) is 2.72. The van der Waals surface area contributed by atoms with E-state index in [1.165, 1.54) is 0 Å². The monoisotopic (exact) mass is 213 g/mol. The Kier molecular flexibility index (Phi) is 14.9. The van der Waals surface area contributed by atoms with Gasteiger partial charge < -0.3 is 9.69 Å². The Morgan fingerprint density at radius 2 is 1.50 bits per heavy atom. The largest absolute Gasteiger partial charge is 0.317 e. The lowest BCUT2D eigenvalue weighted by atomic mass is 10.0. The van der Waals surface area contributed by atoms with Gasteiger partial charge in [-0.3, -0.25) is 0 Å². The minimum absolute atomic E-state index is 0.0486. The molecule has 0 saturated carbocycles. The fourth-order valence-electron chi connectivity index (χ4n) is 0.694. The van der Waals surface area contributed by atoms with E-state index < -0.39 is 0 Å². The van der Waals surface area contributed by atoms with Crippen LogP contribution in [0.4, 0.5) is 0 Å². The molecule has 0 fully saturated rings. The van der Waals surface area contributed by atoms with E-state index in [-0.39, 0.29) is 5.92 Å². The van der Waals surface area contributed by atoms with Crippen LogP contribution in [0.3, 0.4) is 0 Å². The molecule has 0 aliphatic heterocycles. The van der Waals surface area contributed by atoms with Gasteiger partial charge in [0.2, 0.25) is 13.1 Å². The lowest BCUT2D eigenvalue weighted by molar-refractivity contribution is 0.599. The molecule has 0 heterocycles. The summed E-state index contributed by atoms with van der Waals surface area (Å²) in [5.74, 6) is -0.0486. The third kappa shape index (κ3) is 14.0. The minimum Gasteiger partial charge on any atom is -0.317 e. The van der Waals surface area contributed by atoms with Gasteiger partial charge in [-0.1, -0.05) is 0 Å². The Bertz CT molecular complexity index is 314. The van der Waals surface area contributed by atoms with Crippen LogP contribution in [0, 0.1) is 53.1 Å². The van der Waals surface area contributed by atoms with Crippen molar-refractivity contribution in [3.8, 4) is 18.2 Å². The molecule has 5 heteroatoms. The summed E-state index contributed by atoms with van der Waals surface area (Å²) < 4.78 is 0. The molecule has 80 valence electrons. The predicted molar refractivity (Wildman–Crippen MR) is 57.1 cm³/mol. The van der Waals surface area contributed by atoms with Crippen molar-refractivity contribution in [1.82, 2.24) is 0 Å². The van der Waals surface area contributed by atoms with E-state index in [9.17, 15) is 0 Å². The van der Waals surface area contributed by atoms with Crippen molar-refractivity contribution in [3.63, 3.8) is 0 Å². The summed E-state index contributed by atoms with van der Waals surface area (Å²) in [6, 6.07) is 5.74. The number of rotatable bonds is 4. The highest BCUT2D eigenvalue weighted by atomic mass is 14.6. The van der Waals surface area contributed by atoms with Gasteiger partial charge in [-0.15, -0.1) is 0 Å². The predicted octanol–water partition coefficient (Wildman–Crippen LogP) is 2.17. The van der Waals surface area contributed by atoms with Crippen LogP contribution in [-0.2, 0) is 0 Å². The first kappa shape index (κ1) is 15.9. The molecular formula is C11H11N5. The zero-order valence-electron chi connectivity index (χ0n) is 8.85. The van der Waals surface area contributed by atoms with Crippen LogP contribution < -0.4 is 0 Å². The average Bonchev–Trinajstić information content (AvgIpc) is 2.28. The van der Waals surface area contributed by atoms with Crippen molar-refractivity contribution in [3.05, 3.63) is 22.8 Å². The normalized spacial score (nSPS) is 7.00. The number of nitriles is 3. The maximum absolute atomic E-state index is 8.23. The molecule has 5 nitrogen and oxygen atoms in total. The molecule has 0 amide bonds. The minimum atomic E-state index is -0.0486. The van der Waals surface area contributed by atoms with Crippen LogP contribution in [0.1, 0.15) is 19.3 Å². The lowest BCUT2D eigenvalue weighted by Crippen LogP contribution is -2.00. The summed E-state index contributed by atoms with van der Waals surface area (Å²) in [5.41, 5.74) is 0. The van der Waals surface area contributed by atoms with Crippen molar-refractivity contribution in [2.45, 2.75) is 19.3 Å². The highest BCUT2D eigenvalue weighted by Crippen LogP contribution is 2.06. The summed E-state index contributed by atoms with van der Waals surface area (Å²) in [6.07, 6.45) is 0.995. The third-order valence-corrected chi connectivity index (χ3v) is 1.44. The fraction of sp³-hybridized carbons (Fsp3) is 0.545. The Morgan fingerprint density at radius 1 is 0.938 bits per heavy atom. The van der Waals surface area contributed by atoms with E-state index in [0.717, 1.165) is 0 Å². The van der Waals surface area contributed by atoms with Gasteiger partial charge in [-0.05, 0) is 0 Å². The van der Waals surface area contributed by atoms with Crippen molar-refractivity contribution in [2.24, 2.45) is 5.92 Å². The Morgan fingerprint density at radius 3 is 1.75 bits per heavy atom. The molecule has 0 aromatic carbocycles. The van der Waals surface area contributed by atoms with E-state index in [1.54, 1.807) is 0 Å². The van der Waals surface area contributed by atoms with E-state index in [4.69, 9.17) is 28.9 Å². The van der Waals surface area contributed by atoms with E-state index >= 15 is 0 Å². The highest BCUT2D eigenvalue weighted by Gasteiger charge is 2.09. The standard InChI is InChI=1S/C7H7N3.C4H4N2/c1-10-6-7(2-4-8)3-5-9;1-6-4-2-3-5/h7H,2-3,6H2;2,4H2. The molecule has 0 aliphatic rings. The summed E-state index contributed by atoms with van der Waals surface area (Å²) >= 11 is 0. The third-order valence-electron chi connectivity index (χ3n) is 1.44. The van der Waals surface area contributed by atoms with Gasteiger partial charge in [0.15, 0.2) is 0 Å². The van der Waals surface area contributed by atoms with Gasteiger partial charge in [0.25, 0.3) is 0 Å². The SMILES string of the molecule is [C-]#[N+]CC(CC#N)CC#N.[C-]#[N+]CCC#N. The van der Waals surface area contributed by atoms with Gasteiger partial charge in [0.05, 0.1) is 24.1 Å². The molecule has 0 radical (unpaired) electrons. The van der Waals surface area contributed by atoms with Gasteiger partial charge in [-0.25, -0.2) is 13.1 Å². The Hall–Kier alpha value is -2.55. The summed E-state index contributed by atoms with van der Waals surface area (Å²) in [4.78, 5) is 6.07. The average molecular weight is 213 g/mol. The molecule has 0 N–H and O–H groups in total. The maximum Gasteiger partial charge on any atom is 0.227 e. The summed E-state index contributed by atoms with van der Waals surface area (Å²) in [5, 5.41) is 24.3. The van der Waals surface area contributed by atoms with Crippen LogP contribution in [-0.4, -0.2) is 13.1 Å². The molecule has 0 rings (SSSR count). The Balaban J connectivity index is 0. The molecule has 0 bridgehead atoms. The molecule has 16 heavy (non-hydrogen) atoms. The number of hydrogen-bond acceptors (Lipinski definition) is 3. The highest BCUT2D eigenvalue weighted by molar-refractivity contribution is 4.86. The molecular weight excluding hydrogens is 202 g/mol. The zero-order valence-corrected chi connectivity index (χ0v) is 8.85. The smallest absolute Gasteiger partial charge is 0.227 e. The number of hydrogen-bond donors (Lipinski definition) is 0. The number of nitrogens with zero attached hydrogens (tertiary/aromatic N) is 5. The van der Waals surface area contributed by atoms with Gasteiger partial charge >= 0.3 is 0 Å². The first-order chi connectivity index (χ1) is 7.76. The van der Waals surface area contributed by atoms with Gasteiger partial charge in [0, 0.05) is 12.8 Å². The molecule has 0 aromatic heterocycles. The first-order valence-electron chi connectivity index (χ1n) is 4.54. The second kappa shape index (κ2) is 14.9. The zero-order chi connectivity index (χ0) is 12.6. The lowest BCUT2D eigenvalue weighted by Gasteiger charge is -1.97. The first-order valence-corrected chi connectivity index (χ1v) is 4.54. The van der Waals surface area contributed by atoms with E-state index in [2.05, 4.69) is 9.69 Å². The quantitative estimate of drug-likeness (QED) is 0.530. The molecule has 0 aliphatic carbocycles. The van der Waals surface area contributed by atoms with Crippen LogP contribution in [0.25, 0.3) is 9.69 Å². The summed E-state index contributed by atoms with van der Waals surface area (Å²) in [6.45, 7) is 13.3. The van der Waals surface area contributed by atoms with Gasteiger partial charge in [0.1, 0.15) is 6.42 Å². The van der Waals surface area contributed by atoms with Crippen molar-refractivity contribution in [2.75, 3.05) is 13.1 Å². The fourth-order valence-corrected chi connectivity index (χ4v) is 0.694. The Labute approximate surface area is 95.8 Å². The molecule has 0 unspecified atom stereocenters. The second-order valence-corrected chi connectivity index (χ2v) is 2.72. The topological polar surface area (TPSA) is 80.1 Å². The molecule has 0 spiro atoms. The van der Waals surface area contributed by atoms with Crippen LogP contribution in [0.2, 0.25) is 0 Å². The van der Waals surface area contributed by atoms with Crippen molar-refractivity contribution in [1.29, 1.82) is 15.8 Å². The maximum atomic E-state index is 8.23. The van der Waals surface area contributed by atoms with Crippen LogP contribution in [0.15, 0.2) is 0 Å². The van der Waals surface area contributed by atoms with E-state index in [0.29, 0.717) is 32.4 Å². The van der Waals surface area contributed by atoms with Crippen LogP contribution >= 0.6 is 0 Å². The summed E-state index contributed by atoms with van der Waals surface area (Å²) in [7, 11) is 0. The van der Waals surface area contributed by atoms with Gasteiger partial charge in [-0.2, -0.15) is 15.8 Å². The molecule has 0 atom stereocenters. The van der Waals surface area contributed by atoms with Crippen molar-refractivity contribution >= 4 is 0 Å². The van der Waals surface area contributed by atoms with Crippen LogP contribution in [0.5, 0.6) is 0 Å².